The zero-order valence-electron chi connectivity index (χ0n) is 15.7. The smallest absolute Gasteiger partial charge is 0.191 e. The maximum absolute atomic E-state index is 4.62. The molecule has 0 spiro atoms. The van der Waals surface area contributed by atoms with Crippen molar-refractivity contribution in [2.45, 2.75) is 26.2 Å². The minimum atomic E-state index is 0.423. The Kier molecular flexibility index (Phi) is 5.89. The van der Waals surface area contributed by atoms with Crippen molar-refractivity contribution < 1.29 is 0 Å². The van der Waals surface area contributed by atoms with Crippen molar-refractivity contribution in [3.8, 4) is 0 Å². The standard InChI is InChI=1S/C21H27N5/c1-16-7-6-8-18(13-16)17(2)14-24-21(22-3)23-11-10-19-15-26-12-5-4-9-20(26)25-19/h4-9,12-13,15,17H,10-11,14H2,1-3H3,(H2,22,23,24). The first-order valence-corrected chi connectivity index (χ1v) is 9.09. The number of imidazole rings is 1. The minimum Gasteiger partial charge on any atom is -0.356 e. The zero-order valence-corrected chi connectivity index (χ0v) is 15.7. The summed E-state index contributed by atoms with van der Waals surface area (Å²) >= 11 is 0. The maximum atomic E-state index is 4.62. The van der Waals surface area contributed by atoms with Gasteiger partial charge in [-0.2, -0.15) is 0 Å². The molecule has 0 aliphatic carbocycles. The van der Waals surface area contributed by atoms with E-state index < -0.39 is 0 Å². The Labute approximate surface area is 155 Å². The Morgan fingerprint density at radius 1 is 1.19 bits per heavy atom. The molecule has 0 saturated heterocycles. The van der Waals surface area contributed by atoms with Crippen LogP contribution in [-0.2, 0) is 6.42 Å². The Bertz CT molecular complexity index is 848. The van der Waals surface area contributed by atoms with Crippen molar-refractivity contribution >= 4 is 11.6 Å². The van der Waals surface area contributed by atoms with Crippen LogP contribution in [0.15, 0.2) is 59.9 Å². The summed E-state index contributed by atoms with van der Waals surface area (Å²) in [5, 5.41) is 6.78. The summed E-state index contributed by atoms with van der Waals surface area (Å²) in [6.07, 6.45) is 4.95. The largest absolute Gasteiger partial charge is 0.356 e. The SMILES string of the molecule is CN=C(NCCc1cn2ccccc2n1)NCC(C)c1cccc(C)c1. The molecule has 1 unspecified atom stereocenters. The van der Waals surface area contributed by atoms with Crippen LogP contribution in [0, 0.1) is 6.92 Å². The molecule has 0 aliphatic heterocycles. The molecule has 0 amide bonds. The third kappa shape index (κ3) is 4.63. The van der Waals surface area contributed by atoms with Crippen LogP contribution in [0.1, 0.15) is 29.7 Å². The summed E-state index contributed by atoms with van der Waals surface area (Å²) in [6, 6.07) is 14.7. The molecule has 5 nitrogen and oxygen atoms in total. The number of rotatable bonds is 6. The van der Waals surface area contributed by atoms with E-state index in [1.165, 1.54) is 11.1 Å². The van der Waals surface area contributed by atoms with E-state index in [2.05, 4.69) is 64.9 Å². The van der Waals surface area contributed by atoms with Gasteiger partial charge in [0.2, 0.25) is 0 Å². The minimum absolute atomic E-state index is 0.423. The number of nitrogens with zero attached hydrogens (tertiary/aromatic N) is 3. The van der Waals surface area contributed by atoms with Crippen LogP contribution < -0.4 is 10.6 Å². The van der Waals surface area contributed by atoms with Gasteiger partial charge < -0.3 is 15.0 Å². The Hall–Kier alpha value is -2.82. The molecule has 2 N–H and O–H groups in total. The highest BCUT2D eigenvalue weighted by molar-refractivity contribution is 5.79. The molecule has 0 bridgehead atoms. The first-order chi connectivity index (χ1) is 12.7. The van der Waals surface area contributed by atoms with Gasteiger partial charge in [-0.1, -0.05) is 42.8 Å². The quantitative estimate of drug-likeness (QED) is 0.531. The van der Waals surface area contributed by atoms with E-state index in [1.807, 2.05) is 28.8 Å². The summed E-state index contributed by atoms with van der Waals surface area (Å²) in [5.41, 5.74) is 4.70. The highest BCUT2D eigenvalue weighted by Gasteiger charge is 2.07. The second kappa shape index (κ2) is 8.52. The number of aryl methyl sites for hydroxylation is 1. The number of guanidine groups is 1. The second-order valence-electron chi connectivity index (χ2n) is 6.64. The molecule has 0 saturated carbocycles. The van der Waals surface area contributed by atoms with Gasteiger partial charge >= 0.3 is 0 Å². The lowest BCUT2D eigenvalue weighted by Gasteiger charge is -2.16. The summed E-state index contributed by atoms with van der Waals surface area (Å²) in [4.78, 5) is 8.93. The van der Waals surface area contributed by atoms with Crippen LogP contribution in [0.2, 0.25) is 0 Å². The first kappa shape index (κ1) is 18.0. The number of hydrogen-bond acceptors (Lipinski definition) is 2. The number of nitrogens with one attached hydrogen (secondary N) is 2. The van der Waals surface area contributed by atoms with Gasteiger partial charge in [0.1, 0.15) is 5.65 Å². The van der Waals surface area contributed by atoms with Gasteiger partial charge in [-0.3, -0.25) is 4.99 Å². The lowest BCUT2D eigenvalue weighted by molar-refractivity contribution is 0.696. The molecule has 3 rings (SSSR count). The molecular formula is C21H27N5. The van der Waals surface area contributed by atoms with E-state index in [9.17, 15) is 0 Å². The average molecular weight is 349 g/mol. The molecule has 3 aromatic rings. The molecular weight excluding hydrogens is 322 g/mol. The number of fused-ring (bicyclic) bond motifs is 1. The van der Waals surface area contributed by atoms with Crippen LogP contribution in [0.5, 0.6) is 0 Å². The van der Waals surface area contributed by atoms with Crippen molar-refractivity contribution in [1.82, 2.24) is 20.0 Å². The molecule has 0 fully saturated rings. The van der Waals surface area contributed by atoms with Gasteiger partial charge in [-0.15, -0.1) is 0 Å². The predicted octanol–water partition coefficient (Wildman–Crippen LogP) is 3.15. The molecule has 0 radical (unpaired) electrons. The first-order valence-electron chi connectivity index (χ1n) is 9.09. The molecule has 2 aromatic heterocycles. The van der Waals surface area contributed by atoms with Crippen LogP contribution >= 0.6 is 0 Å². The monoisotopic (exact) mass is 349 g/mol. The number of benzene rings is 1. The van der Waals surface area contributed by atoms with E-state index in [1.54, 1.807) is 7.05 Å². The third-order valence-electron chi connectivity index (χ3n) is 4.50. The number of aliphatic imine (C=N–C) groups is 1. The molecule has 1 aromatic carbocycles. The van der Waals surface area contributed by atoms with Gasteiger partial charge in [-0.25, -0.2) is 4.98 Å². The maximum Gasteiger partial charge on any atom is 0.191 e. The van der Waals surface area contributed by atoms with E-state index in [0.717, 1.165) is 36.8 Å². The Morgan fingerprint density at radius 2 is 2.08 bits per heavy atom. The Morgan fingerprint density at radius 3 is 2.85 bits per heavy atom. The molecule has 136 valence electrons. The summed E-state index contributed by atoms with van der Waals surface area (Å²) in [5.74, 6) is 1.25. The fraction of sp³-hybridized carbons (Fsp3) is 0.333. The molecule has 5 heteroatoms. The predicted molar refractivity (Wildman–Crippen MR) is 108 cm³/mol. The fourth-order valence-corrected chi connectivity index (χ4v) is 2.98. The average Bonchev–Trinajstić information content (AvgIpc) is 3.07. The third-order valence-corrected chi connectivity index (χ3v) is 4.50. The number of pyridine rings is 1. The molecule has 1 atom stereocenters. The molecule has 26 heavy (non-hydrogen) atoms. The van der Waals surface area contributed by atoms with Crippen LogP contribution in [0.3, 0.4) is 0 Å². The highest BCUT2D eigenvalue weighted by Crippen LogP contribution is 2.15. The number of aromatic nitrogens is 2. The van der Waals surface area contributed by atoms with Crippen LogP contribution in [0.4, 0.5) is 0 Å². The van der Waals surface area contributed by atoms with Gasteiger partial charge in [0.15, 0.2) is 5.96 Å². The highest BCUT2D eigenvalue weighted by atomic mass is 15.2. The lowest BCUT2D eigenvalue weighted by Crippen LogP contribution is -2.39. The molecule has 2 heterocycles. The van der Waals surface area contributed by atoms with E-state index in [-0.39, 0.29) is 0 Å². The van der Waals surface area contributed by atoms with Gasteiger partial charge in [0, 0.05) is 39.0 Å². The van der Waals surface area contributed by atoms with Crippen LogP contribution in [-0.4, -0.2) is 35.5 Å². The van der Waals surface area contributed by atoms with Crippen molar-refractivity contribution in [1.29, 1.82) is 0 Å². The number of hydrogen-bond donors (Lipinski definition) is 2. The van der Waals surface area contributed by atoms with Gasteiger partial charge in [0.05, 0.1) is 5.69 Å². The summed E-state index contributed by atoms with van der Waals surface area (Å²) in [6.45, 7) is 6.00. The normalized spacial score (nSPS) is 13.0. The topological polar surface area (TPSA) is 53.7 Å². The Balaban J connectivity index is 1.47. The van der Waals surface area contributed by atoms with Crippen molar-refractivity contribution in [3.05, 3.63) is 71.7 Å². The van der Waals surface area contributed by atoms with Crippen molar-refractivity contribution in [3.63, 3.8) is 0 Å². The van der Waals surface area contributed by atoms with Crippen LogP contribution in [0.25, 0.3) is 5.65 Å². The van der Waals surface area contributed by atoms with E-state index >= 15 is 0 Å². The zero-order chi connectivity index (χ0) is 18.4. The van der Waals surface area contributed by atoms with Crippen molar-refractivity contribution in [2.75, 3.05) is 20.1 Å². The fourth-order valence-electron chi connectivity index (χ4n) is 2.98. The molecule has 0 aliphatic rings. The lowest BCUT2D eigenvalue weighted by atomic mass is 9.99. The second-order valence-corrected chi connectivity index (χ2v) is 6.64. The summed E-state index contributed by atoms with van der Waals surface area (Å²) < 4.78 is 2.05. The van der Waals surface area contributed by atoms with Gasteiger partial charge in [-0.05, 0) is 30.5 Å². The van der Waals surface area contributed by atoms with E-state index in [0.29, 0.717) is 5.92 Å². The van der Waals surface area contributed by atoms with Crippen molar-refractivity contribution in [2.24, 2.45) is 4.99 Å². The summed E-state index contributed by atoms with van der Waals surface area (Å²) in [7, 11) is 1.80. The van der Waals surface area contributed by atoms with Gasteiger partial charge in [0.25, 0.3) is 0 Å². The van der Waals surface area contributed by atoms with E-state index in [4.69, 9.17) is 0 Å².